The van der Waals surface area contributed by atoms with Crippen molar-refractivity contribution in [1.82, 2.24) is 20.2 Å². The van der Waals surface area contributed by atoms with Gasteiger partial charge >= 0.3 is 0 Å². The summed E-state index contributed by atoms with van der Waals surface area (Å²) in [5, 5.41) is 11.4. The van der Waals surface area contributed by atoms with Crippen LogP contribution in [0.3, 0.4) is 0 Å². The highest BCUT2D eigenvalue weighted by Crippen LogP contribution is 2.33. The Morgan fingerprint density at radius 3 is 3.20 bits per heavy atom. The smallest absolute Gasteiger partial charge is 0.231 e. The second-order valence-corrected chi connectivity index (χ2v) is 5.88. The lowest BCUT2D eigenvalue weighted by atomic mass is 10.2. The van der Waals surface area contributed by atoms with Crippen molar-refractivity contribution in [2.24, 2.45) is 4.99 Å². The van der Waals surface area contributed by atoms with Crippen LogP contribution in [0.15, 0.2) is 21.2 Å². The zero-order chi connectivity index (χ0) is 13.5. The van der Waals surface area contributed by atoms with Crippen LogP contribution in [0, 0.1) is 0 Å². The normalized spacial score (nSPS) is 16.4. The van der Waals surface area contributed by atoms with Crippen LogP contribution >= 0.6 is 27.3 Å². The third-order valence-electron chi connectivity index (χ3n) is 2.97. The van der Waals surface area contributed by atoms with Gasteiger partial charge in [0.25, 0.3) is 0 Å². The van der Waals surface area contributed by atoms with Crippen molar-refractivity contribution in [1.29, 1.82) is 0 Å². The van der Waals surface area contributed by atoms with Gasteiger partial charge in [0.1, 0.15) is 17.2 Å². The molecule has 0 saturated heterocycles. The number of aromatic nitrogens is 4. The van der Waals surface area contributed by atoms with Gasteiger partial charge in [-0.05, 0) is 22.0 Å². The van der Waals surface area contributed by atoms with Gasteiger partial charge in [0, 0.05) is 18.3 Å². The van der Waals surface area contributed by atoms with Crippen LogP contribution in [0.2, 0.25) is 0 Å². The lowest BCUT2D eigenvalue weighted by Crippen LogP contribution is -2.31. The Hall–Kier alpha value is -1.87. The molecular weight excluding hydrogens is 342 g/mol. The first-order valence-electron chi connectivity index (χ1n) is 5.91. The number of amidine groups is 1. The summed E-state index contributed by atoms with van der Waals surface area (Å²) in [6, 6.07) is 0. The van der Waals surface area contributed by atoms with Gasteiger partial charge in [-0.1, -0.05) is 11.3 Å². The van der Waals surface area contributed by atoms with Crippen molar-refractivity contribution in [2.45, 2.75) is 0 Å². The predicted molar refractivity (Wildman–Crippen MR) is 81.8 cm³/mol. The maximum absolute atomic E-state index is 4.56. The van der Waals surface area contributed by atoms with E-state index >= 15 is 0 Å². The van der Waals surface area contributed by atoms with E-state index in [1.165, 1.54) is 11.3 Å². The number of rotatable bonds is 2. The first-order valence-corrected chi connectivity index (χ1v) is 7.58. The molecule has 0 spiro atoms. The molecule has 0 unspecified atom stereocenters. The summed E-state index contributed by atoms with van der Waals surface area (Å²) in [6.07, 6.45) is 3.78. The third kappa shape index (κ3) is 1.90. The van der Waals surface area contributed by atoms with Gasteiger partial charge in [0.2, 0.25) is 11.1 Å². The fourth-order valence-electron chi connectivity index (χ4n) is 2.14. The molecule has 4 heterocycles. The van der Waals surface area contributed by atoms with Gasteiger partial charge in [-0.3, -0.25) is 10.3 Å². The fraction of sp³-hybridized carbons (Fsp3) is 0.182. The van der Waals surface area contributed by atoms with Crippen LogP contribution in [0.25, 0.3) is 6.08 Å². The Labute approximate surface area is 126 Å². The van der Waals surface area contributed by atoms with E-state index in [0.717, 1.165) is 34.8 Å². The summed E-state index contributed by atoms with van der Waals surface area (Å²) < 4.78 is 0.968. The van der Waals surface area contributed by atoms with Crippen LogP contribution in [0.1, 0.15) is 5.56 Å². The lowest BCUT2D eigenvalue weighted by molar-refractivity contribution is 0.984. The molecule has 2 aliphatic rings. The summed E-state index contributed by atoms with van der Waals surface area (Å²) in [6.45, 7) is 1.61. The van der Waals surface area contributed by atoms with Gasteiger partial charge in [0.05, 0.1) is 11.0 Å². The van der Waals surface area contributed by atoms with Gasteiger partial charge in [-0.25, -0.2) is 4.98 Å². The number of anilines is 3. The number of hydrogen-bond donors (Lipinski definition) is 1. The van der Waals surface area contributed by atoms with E-state index in [0.29, 0.717) is 11.1 Å². The fourth-order valence-corrected chi connectivity index (χ4v) is 3.17. The zero-order valence-electron chi connectivity index (χ0n) is 10.1. The first-order chi connectivity index (χ1) is 9.81. The van der Waals surface area contributed by atoms with Crippen LogP contribution in [-0.4, -0.2) is 39.1 Å². The Morgan fingerprint density at radius 2 is 2.35 bits per heavy atom. The SMILES string of the molecule is BrC1=Cc2cnc(Nc3nncs3)nc2N2CCN=C12. The average Bonchev–Trinajstić information content (AvgIpc) is 3.10. The van der Waals surface area contributed by atoms with E-state index in [1.54, 1.807) is 11.7 Å². The Kier molecular flexibility index (Phi) is 2.74. The highest BCUT2D eigenvalue weighted by molar-refractivity contribution is 9.12. The molecule has 0 aliphatic carbocycles. The van der Waals surface area contributed by atoms with Crippen molar-refractivity contribution in [3.8, 4) is 0 Å². The highest BCUT2D eigenvalue weighted by atomic mass is 79.9. The molecule has 1 N–H and O–H groups in total. The molecule has 2 aromatic heterocycles. The Bertz CT molecular complexity index is 724. The molecule has 2 aliphatic heterocycles. The molecular formula is C11H8BrN7S. The minimum atomic E-state index is 0.512. The number of nitrogens with one attached hydrogen (secondary N) is 1. The molecule has 4 rings (SSSR count). The van der Waals surface area contributed by atoms with Crippen LogP contribution in [0.5, 0.6) is 0 Å². The largest absolute Gasteiger partial charge is 0.308 e. The van der Waals surface area contributed by atoms with E-state index in [2.05, 4.69) is 51.3 Å². The van der Waals surface area contributed by atoms with Crippen molar-refractivity contribution in [2.75, 3.05) is 23.3 Å². The molecule has 20 heavy (non-hydrogen) atoms. The van der Waals surface area contributed by atoms with Crippen molar-refractivity contribution in [3.63, 3.8) is 0 Å². The van der Waals surface area contributed by atoms with Gasteiger partial charge < -0.3 is 4.90 Å². The third-order valence-corrected chi connectivity index (χ3v) is 4.16. The number of halogens is 1. The second kappa shape index (κ2) is 4.60. The van der Waals surface area contributed by atoms with E-state index < -0.39 is 0 Å². The summed E-state index contributed by atoms with van der Waals surface area (Å²) in [4.78, 5) is 15.4. The summed E-state index contributed by atoms with van der Waals surface area (Å²) >= 11 is 4.94. The summed E-state index contributed by atoms with van der Waals surface area (Å²) in [7, 11) is 0. The van der Waals surface area contributed by atoms with Crippen molar-refractivity contribution >= 4 is 56.1 Å². The van der Waals surface area contributed by atoms with Crippen molar-refractivity contribution in [3.05, 3.63) is 21.8 Å². The molecule has 0 aromatic carbocycles. The maximum atomic E-state index is 4.56. The molecule has 0 bridgehead atoms. The summed E-state index contributed by atoms with van der Waals surface area (Å²) in [5.41, 5.74) is 2.63. The standard InChI is InChI=1S/C11H8BrN7S/c12-7-3-6-4-14-10(17-11-18-15-5-20-11)16-8(6)19-2-1-13-9(7)19/h3-5H,1-2H2,(H,14,16,17,18). The number of hydrogen-bond acceptors (Lipinski definition) is 8. The molecule has 0 radical (unpaired) electrons. The van der Waals surface area contributed by atoms with Gasteiger partial charge in [-0.2, -0.15) is 4.98 Å². The van der Waals surface area contributed by atoms with Crippen LogP contribution in [-0.2, 0) is 0 Å². The highest BCUT2D eigenvalue weighted by Gasteiger charge is 2.28. The number of fused-ring (bicyclic) bond motifs is 3. The molecule has 0 amide bonds. The summed E-state index contributed by atoms with van der Waals surface area (Å²) in [5.74, 6) is 2.31. The van der Waals surface area contributed by atoms with Crippen LogP contribution in [0.4, 0.5) is 16.9 Å². The maximum Gasteiger partial charge on any atom is 0.231 e. The average molecular weight is 350 g/mol. The van der Waals surface area contributed by atoms with E-state index in [-0.39, 0.29) is 0 Å². The number of aliphatic imine (C=N–C) groups is 1. The van der Waals surface area contributed by atoms with Gasteiger partial charge in [-0.15, -0.1) is 10.2 Å². The topological polar surface area (TPSA) is 79.2 Å². The minimum absolute atomic E-state index is 0.512. The predicted octanol–water partition coefficient (Wildman–Crippen LogP) is 2.04. The molecule has 9 heteroatoms. The first kappa shape index (κ1) is 11.9. The molecule has 7 nitrogen and oxygen atoms in total. The zero-order valence-corrected chi connectivity index (χ0v) is 12.5. The second-order valence-electron chi connectivity index (χ2n) is 4.19. The molecule has 0 atom stereocenters. The lowest BCUT2D eigenvalue weighted by Gasteiger charge is -2.25. The van der Waals surface area contributed by atoms with E-state index in [9.17, 15) is 0 Å². The molecule has 100 valence electrons. The van der Waals surface area contributed by atoms with E-state index in [1.807, 2.05) is 6.08 Å². The molecule has 2 aromatic rings. The Morgan fingerprint density at radius 1 is 1.40 bits per heavy atom. The number of nitrogens with zero attached hydrogens (tertiary/aromatic N) is 6. The van der Waals surface area contributed by atoms with Crippen molar-refractivity contribution < 1.29 is 0 Å². The monoisotopic (exact) mass is 349 g/mol. The van der Waals surface area contributed by atoms with Gasteiger partial charge in [0.15, 0.2) is 0 Å². The quantitative estimate of drug-likeness (QED) is 0.893. The molecule has 0 fully saturated rings. The molecule has 0 saturated carbocycles. The van der Waals surface area contributed by atoms with Crippen LogP contribution < -0.4 is 10.2 Å². The Balaban J connectivity index is 1.74. The minimum Gasteiger partial charge on any atom is -0.308 e. The van der Waals surface area contributed by atoms with E-state index in [4.69, 9.17) is 0 Å².